The lowest BCUT2D eigenvalue weighted by Crippen LogP contribution is -2.16. The molecule has 1 aromatic rings. The molecule has 1 N–H and O–H groups in total. The molecule has 1 aliphatic rings. The highest BCUT2D eigenvalue weighted by Crippen LogP contribution is 2.36. The van der Waals surface area contributed by atoms with Crippen molar-refractivity contribution in [1.29, 1.82) is 0 Å². The Morgan fingerprint density at radius 3 is 3.00 bits per heavy atom. The van der Waals surface area contributed by atoms with Gasteiger partial charge < -0.3 is 5.32 Å². The van der Waals surface area contributed by atoms with E-state index < -0.39 is 0 Å². The van der Waals surface area contributed by atoms with E-state index in [4.69, 9.17) is 0 Å². The van der Waals surface area contributed by atoms with Gasteiger partial charge in [0.2, 0.25) is 0 Å². The molecule has 1 fully saturated rings. The van der Waals surface area contributed by atoms with Gasteiger partial charge in [0.05, 0.1) is 6.20 Å². The molecular weight excluding hydrogens is 174 g/mol. The molecule has 1 aliphatic carbocycles. The van der Waals surface area contributed by atoms with Gasteiger partial charge in [0.15, 0.2) is 0 Å². The van der Waals surface area contributed by atoms with Crippen molar-refractivity contribution in [3.63, 3.8) is 0 Å². The summed E-state index contributed by atoms with van der Waals surface area (Å²) >= 11 is 0. The van der Waals surface area contributed by atoms with Crippen molar-refractivity contribution in [2.45, 2.75) is 33.4 Å². The van der Waals surface area contributed by atoms with Crippen molar-refractivity contribution in [3.05, 3.63) is 18.0 Å². The van der Waals surface area contributed by atoms with Crippen molar-refractivity contribution >= 4 is 0 Å². The Hall–Kier alpha value is -0.830. The molecule has 0 saturated heterocycles. The van der Waals surface area contributed by atoms with E-state index in [1.165, 1.54) is 18.5 Å². The normalized spacial score (nSPS) is 25.3. The lowest BCUT2D eigenvalue weighted by Gasteiger charge is -2.00. The average molecular weight is 193 g/mol. The minimum Gasteiger partial charge on any atom is -0.312 e. The maximum absolute atomic E-state index is 4.24. The predicted molar refractivity (Wildman–Crippen MR) is 56.9 cm³/mol. The van der Waals surface area contributed by atoms with E-state index in [2.05, 4.69) is 30.5 Å². The van der Waals surface area contributed by atoms with Gasteiger partial charge >= 0.3 is 0 Å². The lowest BCUT2D eigenvalue weighted by molar-refractivity contribution is 0.610. The molecule has 14 heavy (non-hydrogen) atoms. The topological polar surface area (TPSA) is 29.9 Å². The summed E-state index contributed by atoms with van der Waals surface area (Å²) in [5.41, 5.74) is 1.29. The minimum absolute atomic E-state index is 0.927. The zero-order chi connectivity index (χ0) is 9.97. The van der Waals surface area contributed by atoms with Crippen LogP contribution < -0.4 is 5.32 Å². The molecule has 78 valence electrons. The Kier molecular flexibility index (Phi) is 2.87. The Morgan fingerprint density at radius 1 is 1.64 bits per heavy atom. The van der Waals surface area contributed by atoms with Crippen LogP contribution in [0.5, 0.6) is 0 Å². The van der Waals surface area contributed by atoms with Crippen LogP contribution in [-0.2, 0) is 13.1 Å². The van der Waals surface area contributed by atoms with E-state index in [0.717, 1.165) is 24.9 Å². The van der Waals surface area contributed by atoms with Crippen LogP contribution >= 0.6 is 0 Å². The first-order valence-corrected chi connectivity index (χ1v) is 5.51. The summed E-state index contributed by atoms with van der Waals surface area (Å²) in [6.45, 7) is 7.51. The lowest BCUT2D eigenvalue weighted by atomic mass is 10.3. The fourth-order valence-corrected chi connectivity index (χ4v) is 1.76. The first-order chi connectivity index (χ1) is 6.79. The van der Waals surface area contributed by atoms with Crippen LogP contribution in [0.4, 0.5) is 0 Å². The zero-order valence-corrected chi connectivity index (χ0v) is 9.03. The molecule has 1 saturated carbocycles. The first kappa shape index (κ1) is 9.71. The molecule has 0 aliphatic heterocycles. The molecular formula is C11H19N3. The van der Waals surface area contributed by atoms with Crippen molar-refractivity contribution in [2.75, 3.05) is 6.54 Å². The average Bonchev–Trinajstić information content (AvgIpc) is 2.71. The second-order valence-corrected chi connectivity index (χ2v) is 4.31. The van der Waals surface area contributed by atoms with Crippen molar-refractivity contribution in [1.82, 2.24) is 15.1 Å². The third-order valence-corrected chi connectivity index (χ3v) is 3.02. The van der Waals surface area contributed by atoms with Crippen molar-refractivity contribution < 1.29 is 0 Å². The molecule has 3 heteroatoms. The molecule has 2 atom stereocenters. The standard InChI is InChI=1S/C11H19N3/c1-3-14-8-10(6-13-14)5-12-7-11-4-9(11)2/h6,8-9,11-12H,3-5,7H2,1-2H3. The summed E-state index contributed by atoms with van der Waals surface area (Å²) in [6.07, 6.45) is 5.47. The van der Waals surface area contributed by atoms with Crippen LogP contribution in [0, 0.1) is 11.8 Å². The summed E-state index contributed by atoms with van der Waals surface area (Å²) in [4.78, 5) is 0. The third kappa shape index (κ3) is 2.35. The van der Waals surface area contributed by atoms with E-state index in [0.29, 0.717) is 0 Å². The van der Waals surface area contributed by atoms with Gasteiger partial charge in [-0.3, -0.25) is 4.68 Å². The molecule has 1 heterocycles. The number of hydrogen-bond acceptors (Lipinski definition) is 2. The van der Waals surface area contributed by atoms with Gasteiger partial charge in [-0.05, 0) is 31.7 Å². The molecule has 0 radical (unpaired) electrons. The first-order valence-electron chi connectivity index (χ1n) is 5.51. The van der Waals surface area contributed by atoms with Gasteiger partial charge in [0, 0.05) is 24.8 Å². The quantitative estimate of drug-likeness (QED) is 0.770. The van der Waals surface area contributed by atoms with Crippen LogP contribution in [0.2, 0.25) is 0 Å². The number of rotatable bonds is 5. The van der Waals surface area contributed by atoms with Gasteiger partial charge in [-0.25, -0.2) is 0 Å². The molecule has 3 nitrogen and oxygen atoms in total. The Labute approximate surface area is 85.5 Å². The highest BCUT2D eigenvalue weighted by atomic mass is 15.3. The van der Waals surface area contributed by atoms with Gasteiger partial charge in [0.1, 0.15) is 0 Å². The molecule has 2 rings (SSSR count). The second kappa shape index (κ2) is 4.13. The summed E-state index contributed by atoms with van der Waals surface area (Å²) in [5.74, 6) is 1.87. The molecule has 0 amide bonds. The predicted octanol–water partition coefficient (Wildman–Crippen LogP) is 1.65. The largest absolute Gasteiger partial charge is 0.312 e. The summed E-state index contributed by atoms with van der Waals surface area (Å²) in [5, 5.41) is 7.72. The summed E-state index contributed by atoms with van der Waals surface area (Å²) in [6, 6.07) is 0. The van der Waals surface area contributed by atoms with Gasteiger partial charge in [-0.2, -0.15) is 5.10 Å². The van der Waals surface area contributed by atoms with E-state index in [1.807, 2.05) is 10.9 Å². The van der Waals surface area contributed by atoms with Crippen LogP contribution in [0.15, 0.2) is 12.4 Å². The minimum atomic E-state index is 0.927. The Bertz CT molecular complexity index is 292. The maximum Gasteiger partial charge on any atom is 0.0534 e. The Balaban J connectivity index is 1.69. The number of nitrogens with zero attached hydrogens (tertiary/aromatic N) is 2. The SMILES string of the molecule is CCn1cc(CNCC2CC2C)cn1. The van der Waals surface area contributed by atoms with Crippen LogP contribution in [0.25, 0.3) is 0 Å². The van der Waals surface area contributed by atoms with E-state index in [1.54, 1.807) is 0 Å². The van der Waals surface area contributed by atoms with Crippen molar-refractivity contribution in [3.8, 4) is 0 Å². The van der Waals surface area contributed by atoms with Gasteiger partial charge in [-0.15, -0.1) is 0 Å². The highest BCUT2D eigenvalue weighted by Gasteiger charge is 2.31. The Morgan fingerprint density at radius 2 is 2.43 bits per heavy atom. The highest BCUT2D eigenvalue weighted by molar-refractivity contribution is 5.03. The monoisotopic (exact) mass is 193 g/mol. The second-order valence-electron chi connectivity index (χ2n) is 4.31. The number of aromatic nitrogens is 2. The maximum atomic E-state index is 4.24. The zero-order valence-electron chi connectivity index (χ0n) is 9.03. The molecule has 1 aromatic heterocycles. The summed E-state index contributed by atoms with van der Waals surface area (Å²) in [7, 11) is 0. The molecule has 0 spiro atoms. The van der Waals surface area contributed by atoms with Gasteiger partial charge in [0.25, 0.3) is 0 Å². The number of aryl methyl sites for hydroxylation is 1. The summed E-state index contributed by atoms with van der Waals surface area (Å²) < 4.78 is 1.97. The fourth-order valence-electron chi connectivity index (χ4n) is 1.76. The van der Waals surface area contributed by atoms with Crippen LogP contribution in [-0.4, -0.2) is 16.3 Å². The van der Waals surface area contributed by atoms with Crippen LogP contribution in [0.1, 0.15) is 25.8 Å². The van der Waals surface area contributed by atoms with Crippen molar-refractivity contribution in [2.24, 2.45) is 11.8 Å². The van der Waals surface area contributed by atoms with Gasteiger partial charge in [-0.1, -0.05) is 6.92 Å². The third-order valence-electron chi connectivity index (χ3n) is 3.02. The smallest absolute Gasteiger partial charge is 0.0534 e. The van der Waals surface area contributed by atoms with E-state index in [9.17, 15) is 0 Å². The van der Waals surface area contributed by atoms with E-state index >= 15 is 0 Å². The molecule has 2 unspecified atom stereocenters. The number of hydrogen-bond donors (Lipinski definition) is 1. The number of nitrogens with one attached hydrogen (secondary N) is 1. The molecule has 0 aromatic carbocycles. The molecule has 0 bridgehead atoms. The van der Waals surface area contributed by atoms with Crippen LogP contribution in [0.3, 0.4) is 0 Å². The van der Waals surface area contributed by atoms with E-state index in [-0.39, 0.29) is 0 Å². The fraction of sp³-hybridized carbons (Fsp3) is 0.727.